The molecule has 2 aromatic rings. The first-order chi connectivity index (χ1) is 11.9. The lowest BCUT2D eigenvalue weighted by atomic mass is 9.96. The van der Waals surface area contributed by atoms with Crippen LogP contribution in [0.3, 0.4) is 0 Å². The fraction of sp³-hybridized carbons (Fsp3) is 0.412. The van der Waals surface area contributed by atoms with Crippen molar-refractivity contribution in [2.75, 3.05) is 18.0 Å². The molecule has 0 bridgehead atoms. The summed E-state index contributed by atoms with van der Waals surface area (Å²) in [6.45, 7) is 1.56. The van der Waals surface area contributed by atoms with Crippen LogP contribution < -0.4 is 10.2 Å². The number of hydrogen-bond acceptors (Lipinski definition) is 4. The fourth-order valence-electron chi connectivity index (χ4n) is 2.80. The highest BCUT2D eigenvalue weighted by Gasteiger charge is 2.34. The van der Waals surface area contributed by atoms with Gasteiger partial charge in [-0.15, -0.1) is 0 Å². The molecule has 0 spiro atoms. The molecule has 1 fully saturated rings. The van der Waals surface area contributed by atoms with Crippen molar-refractivity contribution in [3.05, 3.63) is 47.0 Å². The second kappa shape index (κ2) is 7.43. The SMILES string of the molecule is O=C(NCc1ccccc1)C1CCN(c2ncc(C(F)(F)F)s2)CC1. The van der Waals surface area contributed by atoms with Crippen molar-refractivity contribution in [2.24, 2.45) is 5.92 Å². The Kier molecular flexibility index (Phi) is 5.27. The Morgan fingerprint density at radius 2 is 1.92 bits per heavy atom. The predicted octanol–water partition coefficient (Wildman–Crippen LogP) is 3.69. The first kappa shape index (κ1) is 17.7. The Morgan fingerprint density at radius 3 is 2.52 bits per heavy atom. The first-order valence-electron chi connectivity index (χ1n) is 8.03. The summed E-state index contributed by atoms with van der Waals surface area (Å²) in [7, 11) is 0. The molecule has 3 rings (SSSR count). The van der Waals surface area contributed by atoms with Crippen LogP contribution >= 0.6 is 11.3 Å². The van der Waals surface area contributed by atoms with Crippen LogP contribution in [0.2, 0.25) is 0 Å². The lowest BCUT2D eigenvalue weighted by Gasteiger charge is -2.31. The minimum absolute atomic E-state index is 0.00128. The maximum atomic E-state index is 12.7. The van der Waals surface area contributed by atoms with Crippen LogP contribution in [0.15, 0.2) is 36.5 Å². The Bertz CT molecular complexity index is 709. The fourth-order valence-corrected chi connectivity index (χ4v) is 3.64. The van der Waals surface area contributed by atoms with Crippen LogP contribution in [0.4, 0.5) is 18.3 Å². The monoisotopic (exact) mass is 369 g/mol. The molecular formula is C17H18F3N3OS. The molecule has 0 radical (unpaired) electrons. The van der Waals surface area contributed by atoms with Crippen LogP contribution in [0.1, 0.15) is 23.3 Å². The number of amides is 1. The van der Waals surface area contributed by atoms with Crippen LogP contribution in [0.25, 0.3) is 0 Å². The third kappa shape index (κ3) is 4.50. The number of carbonyl (C=O) groups is 1. The van der Waals surface area contributed by atoms with E-state index in [1.807, 2.05) is 35.2 Å². The van der Waals surface area contributed by atoms with Gasteiger partial charge in [0.1, 0.15) is 4.88 Å². The maximum absolute atomic E-state index is 12.7. The molecule has 0 unspecified atom stereocenters. The van der Waals surface area contributed by atoms with E-state index in [4.69, 9.17) is 0 Å². The lowest BCUT2D eigenvalue weighted by molar-refractivity contribution is -0.134. The third-order valence-electron chi connectivity index (χ3n) is 4.22. The topological polar surface area (TPSA) is 45.2 Å². The quantitative estimate of drug-likeness (QED) is 0.894. The normalized spacial score (nSPS) is 16.0. The molecule has 4 nitrogen and oxygen atoms in total. The van der Waals surface area contributed by atoms with Gasteiger partial charge in [-0.05, 0) is 18.4 Å². The van der Waals surface area contributed by atoms with Gasteiger partial charge in [-0.3, -0.25) is 4.79 Å². The molecule has 1 N–H and O–H groups in total. The lowest BCUT2D eigenvalue weighted by Crippen LogP contribution is -2.40. The molecule has 1 aliphatic rings. The molecular weight excluding hydrogens is 351 g/mol. The molecule has 25 heavy (non-hydrogen) atoms. The second-order valence-electron chi connectivity index (χ2n) is 5.97. The van der Waals surface area contributed by atoms with E-state index in [0.29, 0.717) is 48.9 Å². The number of rotatable bonds is 4. The summed E-state index contributed by atoms with van der Waals surface area (Å²) in [6, 6.07) is 9.66. The van der Waals surface area contributed by atoms with E-state index in [1.54, 1.807) is 0 Å². The number of thiazole rings is 1. The van der Waals surface area contributed by atoms with Gasteiger partial charge in [0.05, 0.1) is 6.20 Å². The molecule has 1 aliphatic heterocycles. The number of aromatic nitrogens is 1. The minimum Gasteiger partial charge on any atom is -0.352 e. The average molecular weight is 369 g/mol. The van der Waals surface area contributed by atoms with Crippen molar-refractivity contribution in [1.29, 1.82) is 0 Å². The minimum atomic E-state index is -4.36. The summed E-state index contributed by atoms with van der Waals surface area (Å²) in [5.41, 5.74) is 1.04. The highest BCUT2D eigenvalue weighted by molar-refractivity contribution is 7.15. The summed E-state index contributed by atoms with van der Waals surface area (Å²) >= 11 is 0.653. The van der Waals surface area contributed by atoms with Gasteiger partial charge in [-0.1, -0.05) is 41.7 Å². The Hall–Kier alpha value is -2.09. The molecule has 1 saturated heterocycles. The van der Waals surface area contributed by atoms with Crippen LogP contribution in [-0.2, 0) is 17.5 Å². The van der Waals surface area contributed by atoms with Gasteiger partial charge in [0.15, 0.2) is 5.13 Å². The Labute approximate surface area is 147 Å². The smallest absolute Gasteiger partial charge is 0.352 e. The zero-order valence-corrected chi connectivity index (χ0v) is 14.2. The van der Waals surface area contributed by atoms with Gasteiger partial charge in [0, 0.05) is 25.6 Å². The number of piperidine rings is 1. The van der Waals surface area contributed by atoms with Crippen molar-refractivity contribution >= 4 is 22.4 Å². The number of nitrogens with zero attached hydrogens (tertiary/aromatic N) is 2. The standard InChI is InChI=1S/C17H18F3N3OS/c18-17(19,20)14-11-22-16(25-14)23-8-6-13(7-9-23)15(24)21-10-12-4-2-1-3-5-12/h1-5,11,13H,6-10H2,(H,21,24). The van der Waals surface area contributed by atoms with Crippen LogP contribution in [-0.4, -0.2) is 24.0 Å². The highest BCUT2D eigenvalue weighted by atomic mass is 32.1. The first-order valence-corrected chi connectivity index (χ1v) is 8.85. The summed E-state index contributed by atoms with van der Waals surface area (Å²) in [6.07, 6.45) is -2.26. The largest absolute Gasteiger partial charge is 0.427 e. The van der Waals surface area contributed by atoms with E-state index in [1.165, 1.54) is 0 Å². The van der Waals surface area contributed by atoms with E-state index in [9.17, 15) is 18.0 Å². The van der Waals surface area contributed by atoms with Crippen molar-refractivity contribution in [2.45, 2.75) is 25.6 Å². The second-order valence-corrected chi connectivity index (χ2v) is 6.98. The molecule has 0 atom stereocenters. The van der Waals surface area contributed by atoms with Crippen LogP contribution in [0.5, 0.6) is 0 Å². The van der Waals surface area contributed by atoms with E-state index >= 15 is 0 Å². The number of anilines is 1. The summed E-state index contributed by atoms with van der Waals surface area (Å²) in [5.74, 6) is -0.111. The van der Waals surface area contributed by atoms with Gasteiger partial charge in [-0.25, -0.2) is 4.98 Å². The third-order valence-corrected chi connectivity index (χ3v) is 5.32. The maximum Gasteiger partial charge on any atom is 0.427 e. The molecule has 1 aromatic heterocycles. The molecule has 0 saturated carbocycles. The van der Waals surface area contributed by atoms with E-state index in [-0.39, 0.29) is 11.8 Å². The summed E-state index contributed by atoms with van der Waals surface area (Å²) in [5, 5.41) is 3.30. The van der Waals surface area contributed by atoms with E-state index < -0.39 is 11.1 Å². The Morgan fingerprint density at radius 1 is 1.24 bits per heavy atom. The zero-order valence-electron chi connectivity index (χ0n) is 13.4. The van der Waals surface area contributed by atoms with E-state index in [0.717, 1.165) is 11.8 Å². The van der Waals surface area contributed by atoms with Gasteiger partial charge in [0.2, 0.25) is 5.91 Å². The van der Waals surface area contributed by atoms with Gasteiger partial charge < -0.3 is 10.2 Å². The van der Waals surface area contributed by atoms with Crippen molar-refractivity contribution < 1.29 is 18.0 Å². The molecule has 0 aliphatic carbocycles. The molecule has 134 valence electrons. The molecule has 2 heterocycles. The number of hydrogen-bond donors (Lipinski definition) is 1. The molecule has 8 heteroatoms. The highest BCUT2D eigenvalue weighted by Crippen LogP contribution is 2.37. The zero-order chi connectivity index (χ0) is 17.9. The number of nitrogens with one attached hydrogen (secondary N) is 1. The summed E-state index contributed by atoms with van der Waals surface area (Å²) in [4.78, 5) is 17.3. The van der Waals surface area contributed by atoms with Crippen LogP contribution in [0, 0.1) is 5.92 Å². The number of benzene rings is 1. The Balaban J connectivity index is 1.50. The van der Waals surface area contributed by atoms with E-state index in [2.05, 4.69) is 10.3 Å². The number of alkyl halides is 3. The van der Waals surface area contributed by atoms with Crippen molar-refractivity contribution in [3.63, 3.8) is 0 Å². The van der Waals surface area contributed by atoms with Gasteiger partial charge in [-0.2, -0.15) is 13.2 Å². The van der Waals surface area contributed by atoms with Gasteiger partial charge >= 0.3 is 6.18 Å². The number of carbonyl (C=O) groups excluding carboxylic acids is 1. The van der Waals surface area contributed by atoms with Crippen molar-refractivity contribution in [1.82, 2.24) is 10.3 Å². The van der Waals surface area contributed by atoms with Gasteiger partial charge in [0.25, 0.3) is 0 Å². The molecule has 1 aromatic carbocycles. The predicted molar refractivity (Wildman–Crippen MR) is 90.3 cm³/mol. The summed E-state index contributed by atoms with van der Waals surface area (Å²) < 4.78 is 38.0. The average Bonchev–Trinajstić information content (AvgIpc) is 3.11. The molecule has 1 amide bonds. The van der Waals surface area contributed by atoms with Crippen molar-refractivity contribution in [3.8, 4) is 0 Å². The number of halogens is 3.